The van der Waals surface area contributed by atoms with E-state index in [1.165, 1.54) is 0 Å². The summed E-state index contributed by atoms with van der Waals surface area (Å²) in [6.45, 7) is 5.01. The molecule has 1 amide bonds. The Labute approximate surface area is 111 Å². The van der Waals surface area contributed by atoms with Crippen molar-refractivity contribution in [3.8, 4) is 0 Å². The number of amides is 1. The van der Waals surface area contributed by atoms with Gasteiger partial charge in [0.1, 0.15) is 0 Å². The molecule has 0 bridgehead atoms. The summed E-state index contributed by atoms with van der Waals surface area (Å²) in [5.74, 6) is 0.431. The van der Waals surface area contributed by atoms with Crippen LogP contribution in [0.25, 0.3) is 11.0 Å². The number of aromatic nitrogens is 2. The van der Waals surface area contributed by atoms with E-state index in [-0.39, 0.29) is 11.8 Å². The summed E-state index contributed by atoms with van der Waals surface area (Å²) in [5, 5.41) is 0. The van der Waals surface area contributed by atoms with Gasteiger partial charge in [-0.05, 0) is 12.1 Å². The van der Waals surface area contributed by atoms with E-state index < -0.39 is 0 Å². The Morgan fingerprint density at radius 1 is 1.37 bits per heavy atom. The SMILES string of the molecule is C=CC1CC(=O)N(Cc2cnc3ccccc3n2)C1. The lowest BCUT2D eigenvalue weighted by molar-refractivity contribution is -0.128. The second-order valence-corrected chi connectivity index (χ2v) is 4.82. The fourth-order valence-corrected chi connectivity index (χ4v) is 2.38. The first-order valence-corrected chi connectivity index (χ1v) is 6.37. The van der Waals surface area contributed by atoms with Crippen LogP contribution in [-0.2, 0) is 11.3 Å². The predicted molar refractivity (Wildman–Crippen MR) is 73.3 cm³/mol. The number of benzene rings is 1. The van der Waals surface area contributed by atoms with E-state index >= 15 is 0 Å². The van der Waals surface area contributed by atoms with Gasteiger partial charge in [0.25, 0.3) is 0 Å². The monoisotopic (exact) mass is 253 g/mol. The number of nitrogens with zero attached hydrogens (tertiary/aromatic N) is 3. The average molecular weight is 253 g/mol. The molecule has 1 atom stereocenters. The van der Waals surface area contributed by atoms with E-state index in [2.05, 4.69) is 16.5 Å². The largest absolute Gasteiger partial charge is 0.336 e. The molecule has 4 nitrogen and oxygen atoms in total. The van der Waals surface area contributed by atoms with Gasteiger partial charge in [-0.25, -0.2) is 4.98 Å². The Kier molecular flexibility index (Phi) is 2.99. The van der Waals surface area contributed by atoms with Crippen LogP contribution >= 0.6 is 0 Å². The lowest BCUT2D eigenvalue weighted by Crippen LogP contribution is -2.25. The zero-order chi connectivity index (χ0) is 13.2. The van der Waals surface area contributed by atoms with Crippen molar-refractivity contribution in [1.29, 1.82) is 0 Å². The smallest absolute Gasteiger partial charge is 0.223 e. The fourth-order valence-electron chi connectivity index (χ4n) is 2.38. The second-order valence-electron chi connectivity index (χ2n) is 4.82. The Bertz CT molecular complexity index is 638. The molecule has 0 spiro atoms. The van der Waals surface area contributed by atoms with E-state index in [0.717, 1.165) is 23.3 Å². The Balaban J connectivity index is 1.82. The van der Waals surface area contributed by atoms with Crippen molar-refractivity contribution in [3.63, 3.8) is 0 Å². The van der Waals surface area contributed by atoms with Gasteiger partial charge in [-0.3, -0.25) is 9.78 Å². The molecule has 0 aliphatic carbocycles. The first-order valence-electron chi connectivity index (χ1n) is 6.37. The van der Waals surface area contributed by atoms with Gasteiger partial charge in [-0.1, -0.05) is 18.2 Å². The lowest BCUT2D eigenvalue weighted by atomic mass is 10.1. The molecule has 1 aliphatic heterocycles. The maximum absolute atomic E-state index is 11.8. The highest BCUT2D eigenvalue weighted by Gasteiger charge is 2.27. The van der Waals surface area contributed by atoms with E-state index in [9.17, 15) is 4.79 Å². The van der Waals surface area contributed by atoms with Crippen LogP contribution in [0.5, 0.6) is 0 Å². The third-order valence-corrected chi connectivity index (χ3v) is 3.43. The molecular weight excluding hydrogens is 238 g/mol. The molecular formula is C15H15N3O. The van der Waals surface area contributed by atoms with Crippen molar-refractivity contribution >= 4 is 16.9 Å². The van der Waals surface area contributed by atoms with Crippen molar-refractivity contribution < 1.29 is 4.79 Å². The van der Waals surface area contributed by atoms with Crippen molar-refractivity contribution in [2.24, 2.45) is 5.92 Å². The maximum Gasteiger partial charge on any atom is 0.223 e. The topological polar surface area (TPSA) is 46.1 Å². The van der Waals surface area contributed by atoms with E-state index in [1.54, 1.807) is 6.20 Å². The molecule has 1 unspecified atom stereocenters. The number of hydrogen-bond acceptors (Lipinski definition) is 3. The van der Waals surface area contributed by atoms with Crippen molar-refractivity contribution in [2.75, 3.05) is 6.54 Å². The summed E-state index contributed by atoms with van der Waals surface area (Å²) in [7, 11) is 0. The van der Waals surface area contributed by atoms with Crippen LogP contribution < -0.4 is 0 Å². The van der Waals surface area contributed by atoms with Gasteiger partial charge in [-0.15, -0.1) is 6.58 Å². The maximum atomic E-state index is 11.8. The van der Waals surface area contributed by atoms with Crippen molar-refractivity contribution in [3.05, 3.63) is 48.8 Å². The van der Waals surface area contributed by atoms with Gasteiger partial charge in [0.05, 0.1) is 29.5 Å². The molecule has 1 aliphatic rings. The number of fused-ring (bicyclic) bond motifs is 1. The first kappa shape index (κ1) is 11.8. The number of likely N-dealkylation sites (tertiary alicyclic amines) is 1. The van der Waals surface area contributed by atoms with Gasteiger partial charge >= 0.3 is 0 Å². The van der Waals surface area contributed by atoms with Crippen LogP contribution in [0.1, 0.15) is 12.1 Å². The van der Waals surface area contributed by atoms with Crippen LogP contribution in [-0.4, -0.2) is 27.3 Å². The number of carbonyl (C=O) groups excluding carboxylic acids is 1. The minimum atomic E-state index is 0.167. The van der Waals surface area contributed by atoms with Gasteiger partial charge < -0.3 is 4.90 Å². The summed E-state index contributed by atoms with van der Waals surface area (Å²) in [5.41, 5.74) is 2.58. The molecule has 0 radical (unpaired) electrons. The molecule has 2 heterocycles. The van der Waals surface area contributed by atoms with Crippen LogP contribution in [0, 0.1) is 5.92 Å². The van der Waals surface area contributed by atoms with Crippen LogP contribution in [0.4, 0.5) is 0 Å². The number of para-hydroxylation sites is 2. The molecule has 0 N–H and O–H groups in total. The predicted octanol–water partition coefficient (Wildman–Crippen LogP) is 2.16. The molecule has 19 heavy (non-hydrogen) atoms. The molecule has 1 aromatic heterocycles. The molecule has 1 saturated heterocycles. The molecule has 2 aromatic rings. The zero-order valence-electron chi connectivity index (χ0n) is 10.6. The van der Waals surface area contributed by atoms with E-state index in [1.807, 2.05) is 35.2 Å². The Morgan fingerprint density at radius 3 is 2.89 bits per heavy atom. The molecule has 1 fully saturated rings. The van der Waals surface area contributed by atoms with Crippen LogP contribution in [0.3, 0.4) is 0 Å². The summed E-state index contributed by atoms with van der Waals surface area (Å²) in [6, 6.07) is 7.75. The van der Waals surface area contributed by atoms with Gasteiger partial charge in [0, 0.05) is 18.9 Å². The highest BCUT2D eigenvalue weighted by Crippen LogP contribution is 2.20. The molecule has 4 heteroatoms. The summed E-state index contributed by atoms with van der Waals surface area (Å²) in [4.78, 5) is 22.6. The molecule has 0 saturated carbocycles. The second kappa shape index (κ2) is 4.80. The van der Waals surface area contributed by atoms with Gasteiger partial charge in [0.15, 0.2) is 0 Å². The summed E-state index contributed by atoms with van der Waals surface area (Å²) in [6.07, 6.45) is 4.16. The van der Waals surface area contributed by atoms with Crippen LogP contribution in [0.15, 0.2) is 43.1 Å². The quantitative estimate of drug-likeness (QED) is 0.787. The van der Waals surface area contributed by atoms with Gasteiger partial charge in [-0.2, -0.15) is 0 Å². The molecule has 1 aromatic carbocycles. The zero-order valence-corrected chi connectivity index (χ0v) is 10.6. The fraction of sp³-hybridized carbons (Fsp3) is 0.267. The minimum absolute atomic E-state index is 0.167. The first-order chi connectivity index (χ1) is 9.26. The van der Waals surface area contributed by atoms with E-state index in [4.69, 9.17) is 0 Å². The van der Waals surface area contributed by atoms with Crippen molar-refractivity contribution in [1.82, 2.24) is 14.9 Å². The Morgan fingerprint density at radius 2 is 2.16 bits per heavy atom. The van der Waals surface area contributed by atoms with Crippen molar-refractivity contribution in [2.45, 2.75) is 13.0 Å². The normalized spacial score (nSPS) is 19.1. The summed E-state index contributed by atoms with van der Waals surface area (Å²) < 4.78 is 0. The highest BCUT2D eigenvalue weighted by atomic mass is 16.2. The third kappa shape index (κ3) is 2.34. The lowest BCUT2D eigenvalue weighted by Gasteiger charge is -2.15. The number of hydrogen-bond donors (Lipinski definition) is 0. The standard InChI is InChI=1S/C15H15N3O/c1-2-11-7-15(19)18(9-11)10-12-8-16-13-5-3-4-6-14(13)17-12/h2-6,8,11H,1,7,9-10H2. The summed E-state index contributed by atoms with van der Waals surface area (Å²) >= 11 is 0. The van der Waals surface area contributed by atoms with Crippen LogP contribution in [0.2, 0.25) is 0 Å². The minimum Gasteiger partial charge on any atom is -0.336 e. The van der Waals surface area contributed by atoms with Gasteiger partial charge in [0.2, 0.25) is 5.91 Å². The Hall–Kier alpha value is -2.23. The molecule has 3 rings (SSSR count). The third-order valence-electron chi connectivity index (χ3n) is 3.43. The molecule has 96 valence electrons. The number of rotatable bonds is 3. The highest BCUT2D eigenvalue weighted by molar-refractivity contribution is 5.79. The van der Waals surface area contributed by atoms with E-state index in [0.29, 0.717) is 13.0 Å². The average Bonchev–Trinajstić information content (AvgIpc) is 2.79. The number of carbonyl (C=O) groups is 1.